The maximum absolute atomic E-state index is 12.4. The largest absolute Gasteiger partial charge is 0.480 e. The number of rotatable bonds is 5. The summed E-state index contributed by atoms with van der Waals surface area (Å²) in [5, 5.41) is 14.6. The van der Waals surface area contributed by atoms with Gasteiger partial charge in [-0.3, -0.25) is 9.36 Å². The Hall–Kier alpha value is -2.15. The molecule has 1 amide bonds. The summed E-state index contributed by atoms with van der Waals surface area (Å²) in [4.78, 5) is 28.0. The number of nitrogens with zero attached hydrogens (tertiary/aromatic N) is 2. The molecular weight excluding hydrogens is 302 g/mol. The zero-order chi connectivity index (χ0) is 15.9. The fraction of sp³-hybridized carbons (Fsp3) is 0.400. The molecule has 2 aromatic heterocycles. The predicted molar refractivity (Wildman–Crippen MR) is 82.5 cm³/mol. The maximum atomic E-state index is 12.4. The van der Waals surface area contributed by atoms with Gasteiger partial charge in [-0.25, -0.2) is 9.78 Å². The highest BCUT2D eigenvalue weighted by atomic mass is 32.1. The number of thiazole rings is 1. The Morgan fingerprint density at radius 1 is 1.45 bits per heavy atom. The van der Waals surface area contributed by atoms with E-state index >= 15 is 0 Å². The van der Waals surface area contributed by atoms with Crippen LogP contribution in [0.5, 0.6) is 0 Å². The van der Waals surface area contributed by atoms with Gasteiger partial charge in [0.15, 0.2) is 5.13 Å². The third-order valence-electron chi connectivity index (χ3n) is 3.93. The minimum Gasteiger partial charge on any atom is -0.480 e. The van der Waals surface area contributed by atoms with E-state index in [1.807, 2.05) is 23.8 Å². The Balaban J connectivity index is 1.87. The molecule has 1 fully saturated rings. The van der Waals surface area contributed by atoms with Crippen molar-refractivity contribution in [2.75, 3.05) is 0 Å². The van der Waals surface area contributed by atoms with E-state index in [0.717, 1.165) is 29.4 Å². The molecule has 0 aliphatic heterocycles. The van der Waals surface area contributed by atoms with Crippen LogP contribution in [-0.4, -0.2) is 32.6 Å². The van der Waals surface area contributed by atoms with Crippen LogP contribution in [0.15, 0.2) is 17.6 Å². The minimum absolute atomic E-state index is 0.0592. The Morgan fingerprint density at radius 3 is 2.73 bits per heavy atom. The van der Waals surface area contributed by atoms with Crippen LogP contribution in [-0.2, 0) is 4.79 Å². The monoisotopic (exact) mass is 319 g/mol. The van der Waals surface area contributed by atoms with E-state index in [4.69, 9.17) is 0 Å². The molecule has 0 saturated heterocycles. The number of hydrogen-bond donors (Lipinski definition) is 2. The second-order valence-electron chi connectivity index (χ2n) is 5.56. The fourth-order valence-corrected chi connectivity index (χ4v) is 3.39. The number of aryl methyl sites for hydroxylation is 1. The molecule has 7 heteroatoms. The third-order valence-corrected chi connectivity index (χ3v) is 4.69. The van der Waals surface area contributed by atoms with Crippen molar-refractivity contribution in [3.63, 3.8) is 0 Å². The van der Waals surface area contributed by atoms with E-state index in [9.17, 15) is 14.7 Å². The molecule has 2 heterocycles. The van der Waals surface area contributed by atoms with Crippen molar-refractivity contribution in [2.24, 2.45) is 5.92 Å². The molecule has 1 unspecified atom stereocenters. The van der Waals surface area contributed by atoms with Crippen LogP contribution in [0, 0.1) is 19.8 Å². The van der Waals surface area contributed by atoms with Crippen molar-refractivity contribution >= 4 is 23.2 Å². The van der Waals surface area contributed by atoms with Crippen LogP contribution < -0.4 is 5.32 Å². The van der Waals surface area contributed by atoms with E-state index in [-0.39, 0.29) is 11.8 Å². The van der Waals surface area contributed by atoms with E-state index < -0.39 is 12.0 Å². The summed E-state index contributed by atoms with van der Waals surface area (Å²) in [6.07, 6.45) is 3.43. The van der Waals surface area contributed by atoms with Crippen molar-refractivity contribution in [3.8, 4) is 5.13 Å². The van der Waals surface area contributed by atoms with Gasteiger partial charge >= 0.3 is 5.97 Å². The van der Waals surface area contributed by atoms with Gasteiger partial charge in [0.1, 0.15) is 6.04 Å². The number of hydrogen-bond acceptors (Lipinski definition) is 4. The van der Waals surface area contributed by atoms with Gasteiger partial charge in [0.25, 0.3) is 5.91 Å². The SMILES string of the molecule is Cc1cc(C(=O)NC(C(=O)O)C2CC2)c(C)n1-c1nccs1. The number of carboxylic acid groups (broad SMARTS) is 1. The zero-order valence-corrected chi connectivity index (χ0v) is 13.2. The number of carboxylic acids is 1. The van der Waals surface area contributed by atoms with Crippen LogP contribution in [0.25, 0.3) is 5.13 Å². The summed E-state index contributed by atoms with van der Waals surface area (Å²) in [6.45, 7) is 3.75. The van der Waals surface area contributed by atoms with E-state index in [2.05, 4.69) is 10.3 Å². The van der Waals surface area contributed by atoms with Gasteiger partial charge in [-0.2, -0.15) is 0 Å². The highest BCUT2D eigenvalue weighted by Crippen LogP contribution is 2.33. The van der Waals surface area contributed by atoms with Gasteiger partial charge in [0, 0.05) is 23.0 Å². The minimum atomic E-state index is -0.968. The first-order valence-electron chi connectivity index (χ1n) is 7.11. The summed E-state index contributed by atoms with van der Waals surface area (Å²) in [7, 11) is 0. The lowest BCUT2D eigenvalue weighted by Gasteiger charge is -2.13. The quantitative estimate of drug-likeness (QED) is 0.884. The van der Waals surface area contributed by atoms with Crippen molar-refractivity contribution in [3.05, 3.63) is 34.6 Å². The molecular formula is C15H17N3O3S. The molecule has 1 aliphatic rings. The predicted octanol–water partition coefficient (Wildman–Crippen LogP) is 2.14. The lowest BCUT2D eigenvalue weighted by atomic mass is 10.1. The van der Waals surface area contributed by atoms with Gasteiger partial charge in [-0.05, 0) is 38.7 Å². The van der Waals surface area contributed by atoms with Crippen molar-refractivity contribution in [1.29, 1.82) is 0 Å². The van der Waals surface area contributed by atoms with Crippen LogP contribution in [0.1, 0.15) is 34.6 Å². The van der Waals surface area contributed by atoms with Gasteiger partial charge < -0.3 is 10.4 Å². The molecule has 2 aromatic rings. The molecule has 0 radical (unpaired) electrons. The summed E-state index contributed by atoms with van der Waals surface area (Å²) < 4.78 is 1.91. The van der Waals surface area contributed by atoms with Gasteiger partial charge in [-0.1, -0.05) is 0 Å². The normalized spacial score (nSPS) is 15.5. The van der Waals surface area contributed by atoms with E-state index in [0.29, 0.717) is 5.56 Å². The maximum Gasteiger partial charge on any atom is 0.326 e. The molecule has 6 nitrogen and oxygen atoms in total. The second kappa shape index (κ2) is 5.57. The number of carbonyl (C=O) groups excluding carboxylic acids is 1. The number of aromatic nitrogens is 2. The Morgan fingerprint density at radius 2 is 2.18 bits per heavy atom. The zero-order valence-electron chi connectivity index (χ0n) is 12.4. The number of nitrogens with one attached hydrogen (secondary N) is 1. The molecule has 1 aliphatic carbocycles. The van der Waals surface area contributed by atoms with Crippen LogP contribution in [0.4, 0.5) is 0 Å². The van der Waals surface area contributed by atoms with Crippen LogP contribution >= 0.6 is 11.3 Å². The molecule has 0 aromatic carbocycles. The number of amides is 1. The van der Waals surface area contributed by atoms with Crippen LogP contribution in [0.3, 0.4) is 0 Å². The summed E-state index contributed by atoms with van der Waals surface area (Å²) >= 11 is 1.49. The molecule has 116 valence electrons. The van der Waals surface area contributed by atoms with Crippen molar-refractivity contribution in [2.45, 2.75) is 32.7 Å². The summed E-state index contributed by atoms with van der Waals surface area (Å²) in [5.74, 6) is -1.25. The molecule has 0 bridgehead atoms. The molecule has 0 spiro atoms. The average molecular weight is 319 g/mol. The van der Waals surface area contributed by atoms with Crippen LogP contribution in [0.2, 0.25) is 0 Å². The van der Waals surface area contributed by atoms with Crippen molar-refractivity contribution in [1.82, 2.24) is 14.9 Å². The molecule has 2 N–H and O–H groups in total. The fourth-order valence-electron chi connectivity index (χ4n) is 2.64. The first-order chi connectivity index (χ1) is 10.5. The van der Waals surface area contributed by atoms with E-state index in [1.54, 1.807) is 12.3 Å². The first kappa shape index (κ1) is 14.8. The average Bonchev–Trinajstić information content (AvgIpc) is 3.07. The Bertz CT molecular complexity index is 717. The number of carbonyl (C=O) groups is 2. The second-order valence-corrected chi connectivity index (χ2v) is 6.43. The lowest BCUT2D eigenvalue weighted by Crippen LogP contribution is -2.42. The topological polar surface area (TPSA) is 84.2 Å². The summed E-state index contributed by atoms with van der Waals surface area (Å²) in [6, 6.07) is 0.980. The molecule has 1 atom stereocenters. The molecule has 1 saturated carbocycles. The Kier molecular flexibility index (Phi) is 3.74. The first-order valence-corrected chi connectivity index (χ1v) is 7.99. The Labute approximate surface area is 131 Å². The summed E-state index contributed by atoms with van der Waals surface area (Å²) in [5.41, 5.74) is 2.17. The number of aliphatic carboxylic acids is 1. The van der Waals surface area contributed by atoms with Gasteiger partial charge in [0.2, 0.25) is 0 Å². The molecule has 3 rings (SSSR count). The highest BCUT2D eigenvalue weighted by molar-refractivity contribution is 7.12. The van der Waals surface area contributed by atoms with Gasteiger partial charge in [0.05, 0.1) is 5.56 Å². The smallest absolute Gasteiger partial charge is 0.326 e. The highest BCUT2D eigenvalue weighted by Gasteiger charge is 2.37. The van der Waals surface area contributed by atoms with E-state index in [1.165, 1.54) is 11.3 Å². The van der Waals surface area contributed by atoms with Crippen molar-refractivity contribution < 1.29 is 14.7 Å². The van der Waals surface area contributed by atoms with Gasteiger partial charge in [-0.15, -0.1) is 11.3 Å². The molecule has 22 heavy (non-hydrogen) atoms. The third kappa shape index (κ3) is 2.64. The standard InChI is InChI=1S/C15H17N3O3S/c1-8-7-11(9(2)18(8)15-16-5-6-22-15)13(19)17-12(14(20)21)10-3-4-10/h5-7,10,12H,3-4H2,1-2H3,(H,17,19)(H,20,21). The lowest BCUT2D eigenvalue weighted by molar-refractivity contribution is -0.139.